The Morgan fingerprint density at radius 3 is 2.67 bits per heavy atom. The van der Waals surface area contributed by atoms with E-state index in [0.717, 1.165) is 24.8 Å². The van der Waals surface area contributed by atoms with Crippen LogP contribution in [0.2, 0.25) is 0 Å². The van der Waals surface area contributed by atoms with Gasteiger partial charge in [-0.2, -0.15) is 0 Å². The number of hydrogen-bond donors (Lipinski definition) is 1. The van der Waals surface area contributed by atoms with E-state index in [4.69, 9.17) is 9.47 Å². The predicted molar refractivity (Wildman–Crippen MR) is 117 cm³/mol. The molecule has 0 bridgehead atoms. The standard InChI is InChI=1S/C24H30FN3O2/c1-4-17(18-9-6-5-7-10-18)13-19-14-29-22(26-19)28-23-27-21(15-30-23)24(3)12-8-11-20(25)16(24)2/h5-11,17,19,21H,4,12-15H2,1-3H3,(H,26,27,28)/t17?,19-,21+,24?/m0/s1. The van der Waals surface area contributed by atoms with Crippen molar-refractivity contribution in [1.82, 2.24) is 5.32 Å². The fourth-order valence-electron chi connectivity index (χ4n) is 4.40. The van der Waals surface area contributed by atoms with Gasteiger partial charge in [0.25, 0.3) is 12.0 Å². The first kappa shape index (κ1) is 20.6. The molecule has 1 aromatic carbocycles. The van der Waals surface area contributed by atoms with Gasteiger partial charge in [-0.1, -0.05) is 50.3 Å². The largest absolute Gasteiger partial charge is 0.463 e. The number of hydrogen-bond acceptors (Lipinski definition) is 5. The molecule has 1 N–H and O–H groups in total. The first-order valence-corrected chi connectivity index (χ1v) is 10.8. The zero-order valence-corrected chi connectivity index (χ0v) is 17.9. The third-order valence-electron chi connectivity index (χ3n) is 6.65. The third-order valence-corrected chi connectivity index (χ3v) is 6.65. The molecule has 0 fully saturated rings. The molecule has 1 aromatic rings. The van der Waals surface area contributed by atoms with Gasteiger partial charge in [-0.15, -0.1) is 0 Å². The Kier molecular flexibility index (Phi) is 5.93. The van der Waals surface area contributed by atoms with E-state index in [-0.39, 0.29) is 23.3 Å². The molecule has 4 atom stereocenters. The van der Waals surface area contributed by atoms with Gasteiger partial charge in [-0.3, -0.25) is 5.32 Å². The molecule has 5 nitrogen and oxygen atoms in total. The molecule has 6 heteroatoms. The number of nitrogens with one attached hydrogen (secondary N) is 1. The van der Waals surface area contributed by atoms with Crippen LogP contribution in [-0.2, 0) is 9.47 Å². The van der Waals surface area contributed by atoms with E-state index in [2.05, 4.69) is 46.5 Å². The monoisotopic (exact) mass is 411 g/mol. The molecule has 3 aliphatic rings. The second kappa shape index (κ2) is 8.62. The summed E-state index contributed by atoms with van der Waals surface area (Å²) in [5.41, 5.74) is 1.69. The summed E-state index contributed by atoms with van der Waals surface area (Å²) in [6.07, 6.45) is 6.15. The average Bonchev–Trinajstić information content (AvgIpc) is 3.41. The van der Waals surface area contributed by atoms with Gasteiger partial charge in [-0.25, -0.2) is 14.4 Å². The van der Waals surface area contributed by atoms with E-state index < -0.39 is 0 Å². The Bertz CT molecular complexity index is 893. The maximum Gasteiger partial charge on any atom is 0.293 e. The smallest absolute Gasteiger partial charge is 0.293 e. The number of ether oxygens (including phenoxy) is 2. The van der Waals surface area contributed by atoms with Crippen LogP contribution in [-0.4, -0.2) is 37.3 Å². The molecule has 0 saturated heterocycles. The van der Waals surface area contributed by atoms with Crippen LogP contribution in [0.15, 0.2) is 63.9 Å². The highest BCUT2D eigenvalue weighted by Gasteiger charge is 2.41. The van der Waals surface area contributed by atoms with Gasteiger partial charge in [0.2, 0.25) is 0 Å². The van der Waals surface area contributed by atoms with Crippen LogP contribution in [0.4, 0.5) is 4.39 Å². The SMILES string of the molecule is CCC(C[C@H]1COC(NC2=N[C@@H](C3(C)CC=CC(F)=C3C)CO2)=N1)c1ccccc1. The summed E-state index contributed by atoms with van der Waals surface area (Å²) in [5.74, 6) is 0.284. The van der Waals surface area contributed by atoms with Crippen molar-refractivity contribution in [1.29, 1.82) is 0 Å². The molecular weight excluding hydrogens is 381 g/mol. The second-order valence-electron chi connectivity index (χ2n) is 8.53. The van der Waals surface area contributed by atoms with Crippen LogP contribution < -0.4 is 5.32 Å². The number of nitrogens with zero attached hydrogens (tertiary/aromatic N) is 2. The molecule has 0 radical (unpaired) electrons. The van der Waals surface area contributed by atoms with Gasteiger partial charge >= 0.3 is 0 Å². The Morgan fingerprint density at radius 2 is 1.90 bits per heavy atom. The van der Waals surface area contributed by atoms with E-state index in [0.29, 0.717) is 31.2 Å². The third kappa shape index (κ3) is 4.13. The molecule has 0 saturated carbocycles. The van der Waals surface area contributed by atoms with Crippen LogP contribution in [0.5, 0.6) is 0 Å². The fourth-order valence-corrected chi connectivity index (χ4v) is 4.40. The highest BCUT2D eigenvalue weighted by atomic mass is 19.1. The van der Waals surface area contributed by atoms with Crippen LogP contribution >= 0.6 is 0 Å². The molecule has 2 unspecified atom stereocenters. The second-order valence-corrected chi connectivity index (χ2v) is 8.53. The molecular formula is C24H30FN3O2. The van der Waals surface area contributed by atoms with Crippen molar-refractivity contribution in [3.8, 4) is 0 Å². The highest BCUT2D eigenvalue weighted by Crippen LogP contribution is 2.43. The molecule has 0 amide bonds. The zero-order valence-electron chi connectivity index (χ0n) is 17.9. The van der Waals surface area contributed by atoms with Crippen molar-refractivity contribution in [3.63, 3.8) is 0 Å². The van der Waals surface area contributed by atoms with Gasteiger partial charge in [0.05, 0.1) is 12.1 Å². The summed E-state index contributed by atoms with van der Waals surface area (Å²) in [6.45, 7) is 7.06. The van der Waals surface area contributed by atoms with Gasteiger partial charge in [0.1, 0.15) is 19.0 Å². The van der Waals surface area contributed by atoms with Gasteiger partial charge in [0.15, 0.2) is 0 Å². The number of amidine groups is 2. The van der Waals surface area contributed by atoms with E-state index in [1.807, 2.05) is 26.0 Å². The normalized spacial score (nSPS) is 29.2. The van der Waals surface area contributed by atoms with Crippen LogP contribution in [0, 0.1) is 5.41 Å². The molecule has 2 heterocycles. The van der Waals surface area contributed by atoms with Crippen molar-refractivity contribution in [3.05, 3.63) is 59.4 Å². The Labute approximate surface area is 177 Å². The minimum atomic E-state index is -0.382. The first-order chi connectivity index (χ1) is 14.5. The van der Waals surface area contributed by atoms with Crippen molar-refractivity contribution in [2.75, 3.05) is 13.2 Å². The fraction of sp³-hybridized carbons (Fsp3) is 0.500. The summed E-state index contributed by atoms with van der Waals surface area (Å²) in [4.78, 5) is 9.36. The molecule has 2 aliphatic heterocycles. The van der Waals surface area contributed by atoms with Crippen LogP contribution in [0.1, 0.15) is 51.5 Å². The van der Waals surface area contributed by atoms with Crippen LogP contribution in [0.25, 0.3) is 0 Å². The maximum absolute atomic E-state index is 14.1. The highest BCUT2D eigenvalue weighted by molar-refractivity contribution is 5.94. The minimum absolute atomic E-state index is 0.107. The lowest BCUT2D eigenvalue weighted by atomic mass is 9.71. The van der Waals surface area contributed by atoms with Crippen LogP contribution in [0.3, 0.4) is 0 Å². The predicted octanol–water partition coefficient (Wildman–Crippen LogP) is 4.88. The van der Waals surface area contributed by atoms with Gasteiger partial charge in [0, 0.05) is 5.41 Å². The lowest BCUT2D eigenvalue weighted by Crippen LogP contribution is -2.34. The quantitative estimate of drug-likeness (QED) is 0.751. The number of benzene rings is 1. The van der Waals surface area contributed by atoms with Crippen molar-refractivity contribution < 1.29 is 13.9 Å². The summed E-state index contributed by atoms with van der Waals surface area (Å²) in [7, 11) is 0. The Morgan fingerprint density at radius 1 is 1.17 bits per heavy atom. The molecule has 0 spiro atoms. The van der Waals surface area contributed by atoms with E-state index in [1.54, 1.807) is 0 Å². The maximum atomic E-state index is 14.1. The number of halogens is 1. The summed E-state index contributed by atoms with van der Waals surface area (Å²) < 4.78 is 25.6. The van der Waals surface area contributed by atoms with Crippen molar-refractivity contribution >= 4 is 12.0 Å². The van der Waals surface area contributed by atoms with E-state index in [1.165, 1.54) is 11.6 Å². The van der Waals surface area contributed by atoms with Gasteiger partial charge < -0.3 is 9.47 Å². The first-order valence-electron chi connectivity index (χ1n) is 10.8. The van der Waals surface area contributed by atoms with Crippen molar-refractivity contribution in [2.45, 2.75) is 58.0 Å². The average molecular weight is 412 g/mol. The summed E-state index contributed by atoms with van der Waals surface area (Å²) in [6, 6.07) is 11.4. The molecule has 4 rings (SSSR count). The number of aliphatic imine (C=N–C) groups is 2. The number of allylic oxidation sites excluding steroid dienone is 3. The minimum Gasteiger partial charge on any atom is -0.463 e. The van der Waals surface area contributed by atoms with Crippen molar-refractivity contribution in [2.24, 2.45) is 15.4 Å². The number of rotatable bonds is 5. The van der Waals surface area contributed by atoms with E-state index >= 15 is 0 Å². The van der Waals surface area contributed by atoms with Gasteiger partial charge in [-0.05, 0) is 49.3 Å². The Hall–Kier alpha value is -2.63. The molecule has 1 aliphatic carbocycles. The lowest BCUT2D eigenvalue weighted by Gasteiger charge is -2.35. The Balaban J connectivity index is 1.38. The van der Waals surface area contributed by atoms with E-state index in [9.17, 15) is 4.39 Å². The topological polar surface area (TPSA) is 55.2 Å². The zero-order chi connectivity index (χ0) is 21.1. The summed E-state index contributed by atoms with van der Waals surface area (Å²) in [5, 5.41) is 3.08. The molecule has 30 heavy (non-hydrogen) atoms. The molecule has 160 valence electrons. The summed E-state index contributed by atoms with van der Waals surface area (Å²) >= 11 is 0. The lowest BCUT2D eigenvalue weighted by molar-refractivity contribution is 0.225. The molecule has 0 aromatic heterocycles.